The van der Waals surface area contributed by atoms with E-state index in [-0.39, 0.29) is 23.3 Å². The Labute approximate surface area is 163 Å². The minimum atomic E-state index is -0.321. The molecule has 1 fully saturated rings. The van der Waals surface area contributed by atoms with Gasteiger partial charge in [-0.3, -0.25) is 14.6 Å². The molecular weight excluding hydrogens is 358 g/mol. The number of pyridine rings is 1. The number of Topliss-reactive ketones (excluding diaryl/α,β-unsaturated/α-hetero) is 1. The van der Waals surface area contributed by atoms with Gasteiger partial charge in [0.05, 0.1) is 17.5 Å². The average Bonchev–Trinajstić information content (AvgIpc) is 3.26. The number of amides is 1. The molecule has 146 valence electrons. The van der Waals surface area contributed by atoms with E-state index in [2.05, 4.69) is 10.3 Å². The molecule has 7 heteroatoms. The second kappa shape index (κ2) is 9.14. The van der Waals surface area contributed by atoms with E-state index in [0.717, 1.165) is 5.69 Å². The molecule has 0 aromatic carbocycles. The van der Waals surface area contributed by atoms with Gasteiger partial charge in [0.15, 0.2) is 5.78 Å². The largest absolute Gasteiger partial charge is 0.463 e. The number of ketones is 1. The Bertz CT molecular complexity index is 877. The van der Waals surface area contributed by atoms with Crippen LogP contribution >= 0.6 is 0 Å². The lowest BCUT2D eigenvalue weighted by atomic mass is 9.89. The van der Waals surface area contributed by atoms with Crippen molar-refractivity contribution in [1.82, 2.24) is 10.3 Å². The van der Waals surface area contributed by atoms with Crippen LogP contribution in [0.25, 0.3) is 5.70 Å². The van der Waals surface area contributed by atoms with Gasteiger partial charge in [0, 0.05) is 42.8 Å². The number of carbonyl (C=O) groups is 2. The number of nitrogens with two attached hydrogens (primary N) is 1. The first-order chi connectivity index (χ1) is 13.6. The van der Waals surface area contributed by atoms with Crippen LogP contribution < -0.4 is 11.1 Å². The van der Waals surface area contributed by atoms with Gasteiger partial charge in [0.2, 0.25) is 0 Å². The lowest BCUT2D eigenvalue weighted by molar-refractivity contribution is -0.121. The SMILES string of the molecule is Cc1ccc(C(=O)N/C=C/C(C(=O)C2CCOCC2)=C(\N)c2ccco2)cn1. The molecule has 0 atom stereocenters. The van der Waals surface area contributed by atoms with Crippen molar-refractivity contribution in [2.75, 3.05) is 13.2 Å². The van der Waals surface area contributed by atoms with Crippen LogP contribution in [0.15, 0.2) is 59.0 Å². The summed E-state index contributed by atoms with van der Waals surface area (Å²) in [6.45, 7) is 2.94. The molecule has 0 spiro atoms. The summed E-state index contributed by atoms with van der Waals surface area (Å²) < 4.78 is 10.7. The zero-order valence-electron chi connectivity index (χ0n) is 15.7. The van der Waals surface area contributed by atoms with Crippen molar-refractivity contribution in [2.24, 2.45) is 11.7 Å². The molecule has 0 aliphatic carbocycles. The highest BCUT2D eigenvalue weighted by Gasteiger charge is 2.26. The summed E-state index contributed by atoms with van der Waals surface area (Å²) in [5.41, 5.74) is 8.00. The average molecular weight is 381 g/mol. The van der Waals surface area contributed by atoms with E-state index in [0.29, 0.717) is 43.0 Å². The van der Waals surface area contributed by atoms with Gasteiger partial charge in [-0.15, -0.1) is 0 Å². The van der Waals surface area contributed by atoms with Crippen molar-refractivity contribution >= 4 is 17.4 Å². The fourth-order valence-corrected chi connectivity index (χ4v) is 2.94. The number of hydrogen-bond acceptors (Lipinski definition) is 6. The van der Waals surface area contributed by atoms with Crippen molar-refractivity contribution in [3.8, 4) is 0 Å². The van der Waals surface area contributed by atoms with E-state index in [4.69, 9.17) is 14.9 Å². The molecule has 7 nitrogen and oxygen atoms in total. The molecule has 0 saturated carbocycles. The number of hydrogen-bond donors (Lipinski definition) is 2. The Morgan fingerprint density at radius 2 is 2.04 bits per heavy atom. The number of aryl methyl sites for hydroxylation is 1. The summed E-state index contributed by atoms with van der Waals surface area (Å²) in [5.74, 6) is -0.161. The zero-order chi connectivity index (χ0) is 19.9. The number of nitrogens with one attached hydrogen (secondary N) is 1. The van der Waals surface area contributed by atoms with E-state index < -0.39 is 0 Å². The summed E-state index contributed by atoms with van der Waals surface area (Å²) >= 11 is 0. The van der Waals surface area contributed by atoms with Gasteiger partial charge in [0.1, 0.15) is 5.76 Å². The molecule has 2 aromatic rings. The fourth-order valence-electron chi connectivity index (χ4n) is 2.94. The third-order valence-corrected chi connectivity index (χ3v) is 4.57. The van der Waals surface area contributed by atoms with Crippen molar-refractivity contribution in [1.29, 1.82) is 0 Å². The second-order valence-corrected chi connectivity index (χ2v) is 6.55. The summed E-state index contributed by atoms with van der Waals surface area (Å²) in [7, 11) is 0. The minimum Gasteiger partial charge on any atom is -0.463 e. The maximum atomic E-state index is 13.0. The first-order valence-electron chi connectivity index (χ1n) is 9.12. The summed E-state index contributed by atoms with van der Waals surface area (Å²) in [5, 5.41) is 2.65. The number of ether oxygens (including phenoxy) is 1. The van der Waals surface area contributed by atoms with E-state index in [9.17, 15) is 9.59 Å². The maximum absolute atomic E-state index is 13.0. The maximum Gasteiger partial charge on any atom is 0.256 e. The van der Waals surface area contributed by atoms with E-state index in [1.165, 1.54) is 24.7 Å². The van der Waals surface area contributed by atoms with Gasteiger partial charge in [-0.2, -0.15) is 0 Å². The van der Waals surface area contributed by atoms with Crippen LogP contribution in [0.3, 0.4) is 0 Å². The Hall–Kier alpha value is -3.19. The molecule has 1 saturated heterocycles. The lowest BCUT2D eigenvalue weighted by Gasteiger charge is -2.21. The standard InChI is InChI=1S/C21H23N3O4/c1-14-4-5-16(13-24-14)21(26)23-9-6-17(19(22)18-3-2-10-28-18)20(25)15-7-11-27-12-8-15/h2-6,9-10,13,15H,7-8,11-12,22H2,1H3,(H,23,26)/b9-6+,19-17+. The number of allylic oxidation sites excluding steroid dienone is 2. The van der Waals surface area contributed by atoms with Crippen molar-refractivity contribution < 1.29 is 18.7 Å². The summed E-state index contributed by atoms with van der Waals surface area (Å²) in [6, 6.07) is 6.84. The normalized spacial score (nSPS) is 16.0. The molecule has 2 aromatic heterocycles. The molecule has 3 rings (SSSR count). The molecule has 0 unspecified atom stereocenters. The van der Waals surface area contributed by atoms with Crippen LogP contribution in [-0.4, -0.2) is 29.9 Å². The molecule has 28 heavy (non-hydrogen) atoms. The van der Waals surface area contributed by atoms with E-state index in [1.54, 1.807) is 24.3 Å². The van der Waals surface area contributed by atoms with Crippen LogP contribution in [-0.2, 0) is 9.53 Å². The van der Waals surface area contributed by atoms with Gasteiger partial charge >= 0.3 is 0 Å². The summed E-state index contributed by atoms with van der Waals surface area (Å²) in [6.07, 6.45) is 7.22. The monoisotopic (exact) mass is 381 g/mol. The third kappa shape index (κ3) is 4.75. The van der Waals surface area contributed by atoms with Crippen molar-refractivity contribution in [3.63, 3.8) is 0 Å². The third-order valence-electron chi connectivity index (χ3n) is 4.57. The smallest absolute Gasteiger partial charge is 0.256 e. The van der Waals surface area contributed by atoms with Crippen LogP contribution in [0.4, 0.5) is 0 Å². The van der Waals surface area contributed by atoms with Gasteiger partial charge in [-0.1, -0.05) is 0 Å². The van der Waals surface area contributed by atoms with Gasteiger partial charge in [-0.05, 0) is 50.1 Å². The van der Waals surface area contributed by atoms with Crippen LogP contribution in [0.2, 0.25) is 0 Å². The van der Waals surface area contributed by atoms with Crippen LogP contribution in [0, 0.1) is 12.8 Å². The van der Waals surface area contributed by atoms with Crippen LogP contribution in [0.5, 0.6) is 0 Å². The molecule has 0 radical (unpaired) electrons. The number of aromatic nitrogens is 1. The molecule has 1 aliphatic rings. The predicted molar refractivity (Wildman–Crippen MR) is 104 cm³/mol. The highest BCUT2D eigenvalue weighted by atomic mass is 16.5. The van der Waals surface area contributed by atoms with Gasteiger partial charge < -0.3 is 20.2 Å². The Morgan fingerprint density at radius 1 is 1.25 bits per heavy atom. The quantitative estimate of drug-likeness (QED) is 0.588. The second-order valence-electron chi connectivity index (χ2n) is 6.55. The molecular formula is C21H23N3O4. The Kier molecular flexibility index (Phi) is 6.39. The first-order valence-corrected chi connectivity index (χ1v) is 9.12. The van der Waals surface area contributed by atoms with E-state index >= 15 is 0 Å². The molecule has 1 aliphatic heterocycles. The molecule has 1 amide bonds. The first kappa shape index (κ1) is 19.6. The molecule has 3 heterocycles. The van der Waals surface area contributed by atoms with E-state index in [1.807, 2.05) is 6.92 Å². The summed E-state index contributed by atoms with van der Waals surface area (Å²) in [4.78, 5) is 29.3. The number of rotatable bonds is 6. The Balaban J connectivity index is 1.79. The topological polar surface area (TPSA) is 107 Å². The van der Waals surface area contributed by atoms with Gasteiger partial charge in [0.25, 0.3) is 5.91 Å². The highest BCUT2D eigenvalue weighted by molar-refractivity contribution is 6.05. The number of carbonyl (C=O) groups excluding carboxylic acids is 2. The highest BCUT2D eigenvalue weighted by Crippen LogP contribution is 2.24. The molecule has 0 bridgehead atoms. The van der Waals surface area contributed by atoms with Crippen molar-refractivity contribution in [2.45, 2.75) is 19.8 Å². The number of nitrogens with zero attached hydrogens (tertiary/aromatic N) is 1. The fraction of sp³-hybridized carbons (Fsp3) is 0.286. The predicted octanol–water partition coefficient (Wildman–Crippen LogP) is 2.59. The lowest BCUT2D eigenvalue weighted by Crippen LogP contribution is -2.26. The minimum absolute atomic E-state index is 0.0836. The van der Waals surface area contributed by atoms with Crippen molar-refractivity contribution in [3.05, 3.63) is 71.6 Å². The van der Waals surface area contributed by atoms with Crippen LogP contribution in [0.1, 0.15) is 34.7 Å². The Morgan fingerprint density at radius 3 is 2.68 bits per heavy atom. The van der Waals surface area contributed by atoms with Gasteiger partial charge in [-0.25, -0.2) is 0 Å². The number of furan rings is 1. The molecule has 3 N–H and O–H groups in total. The zero-order valence-corrected chi connectivity index (χ0v) is 15.7.